The Morgan fingerprint density at radius 1 is 1.35 bits per heavy atom. The molecule has 0 radical (unpaired) electrons. The van der Waals surface area contributed by atoms with E-state index in [9.17, 15) is 14.7 Å². The molecule has 2 fully saturated rings. The zero-order valence-electron chi connectivity index (χ0n) is 15.1. The van der Waals surface area contributed by atoms with Crippen LogP contribution < -0.4 is 15.4 Å². The number of urea groups is 1. The number of hydrogen-bond acceptors (Lipinski definition) is 5. The average Bonchev–Trinajstić information content (AvgIpc) is 3.01. The molecule has 8 heteroatoms. The van der Waals surface area contributed by atoms with Crippen LogP contribution in [0.15, 0.2) is 18.2 Å². The van der Waals surface area contributed by atoms with E-state index in [0.29, 0.717) is 56.0 Å². The molecule has 3 amide bonds. The van der Waals surface area contributed by atoms with Gasteiger partial charge < -0.3 is 30.1 Å². The molecule has 1 spiro atoms. The minimum atomic E-state index is -0.405. The number of benzene rings is 1. The molecule has 1 aromatic rings. The SMILES string of the molecule is CNC(=O)c1cc(NC(=O)N2CCC3(CC2)C[C@@H](O)CO3)ccc1OC. The fraction of sp³-hybridized carbons (Fsp3) is 0.556. The van der Waals surface area contributed by atoms with Crippen LogP contribution in [0.5, 0.6) is 5.75 Å². The molecule has 0 bridgehead atoms. The van der Waals surface area contributed by atoms with Crippen molar-refractivity contribution >= 4 is 17.6 Å². The molecule has 0 unspecified atom stereocenters. The average molecular weight is 363 g/mol. The highest BCUT2D eigenvalue weighted by atomic mass is 16.5. The van der Waals surface area contributed by atoms with Crippen LogP contribution in [0.4, 0.5) is 10.5 Å². The zero-order chi connectivity index (χ0) is 18.7. The number of likely N-dealkylation sites (tertiary alicyclic amines) is 1. The van der Waals surface area contributed by atoms with Crippen molar-refractivity contribution in [3.05, 3.63) is 23.8 Å². The predicted molar refractivity (Wildman–Crippen MR) is 95.5 cm³/mol. The molecule has 0 aliphatic carbocycles. The molecule has 26 heavy (non-hydrogen) atoms. The van der Waals surface area contributed by atoms with Crippen molar-refractivity contribution in [1.82, 2.24) is 10.2 Å². The number of carbonyl (C=O) groups excluding carboxylic acids is 2. The van der Waals surface area contributed by atoms with Crippen molar-refractivity contribution in [2.24, 2.45) is 0 Å². The molecular formula is C18H25N3O5. The Morgan fingerprint density at radius 3 is 2.65 bits per heavy atom. The van der Waals surface area contributed by atoms with Crippen LogP contribution >= 0.6 is 0 Å². The first kappa shape index (κ1) is 18.5. The minimum Gasteiger partial charge on any atom is -0.496 e. The Balaban J connectivity index is 1.63. The predicted octanol–water partition coefficient (Wildman–Crippen LogP) is 1.20. The highest BCUT2D eigenvalue weighted by Gasteiger charge is 2.42. The molecule has 1 atom stereocenters. The lowest BCUT2D eigenvalue weighted by atomic mass is 9.88. The molecular weight excluding hydrogens is 338 g/mol. The normalized spacial score (nSPS) is 21.5. The molecule has 3 rings (SSSR count). The molecule has 2 saturated heterocycles. The monoisotopic (exact) mass is 363 g/mol. The fourth-order valence-corrected chi connectivity index (χ4v) is 3.59. The molecule has 1 aromatic carbocycles. The standard InChI is InChI=1S/C18H25N3O5/c1-19-16(23)14-9-12(3-4-15(14)25-2)20-17(24)21-7-5-18(6-8-21)10-13(22)11-26-18/h3-4,9,13,22H,5-8,10-11H2,1-2H3,(H,19,23)(H,20,24)/t13-/m1/s1. The van der Waals surface area contributed by atoms with E-state index in [1.54, 1.807) is 30.1 Å². The number of aliphatic hydroxyl groups excluding tert-OH is 1. The number of amides is 3. The van der Waals surface area contributed by atoms with E-state index in [4.69, 9.17) is 9.47 Å². The van der Waals surface area contributed by atoms with Gasteiger partial charge in [0.15, 0.2) is 0 Å². The summed E-state index contributed by atoms with van der Waals surface area (Å²) in [5.74, 6) is 0.161. The Morgan fingerprint density at radius 2 is 2.08 bits per heavy atom. The van der Waals surface area contributed by atoms with Crippen molar-refractivity contribution in [2.75, 3.05) is 39.2 Å². The number of anilines is 1. The highest BCUT2D eigenvalue weighted by Crippen LogP contribution is 2.36. The second-order valence-electron chi connectivity index (χ2n) is 6.76. The Bertz CT molecular complexity index is 685. The van der Waals surface area contributed by atoms with E-state index < -0.39 is 6.10 Å². The highest BCUT2D eigenvalue weighted by molar-refractivity contribution is 5.99. The molecule has 0 aromatic heterocycles. The van der Waals surface area contributed by atoms with Gasteiger partial charge >= 0.3 is 6.03 Å². The number of nitrogens with one attached hydrogen (secondary N) is 2. The van der Waals surface area contributed by atoms with Crippen molar-refractivity contribution in [3.63, 3.8) is 0 Å². The third-order valence-electron chi connectivity index (χ3n) is 5.07. The topological polar surface area (TPSA) is 100 Å². The van der Waals surface area contributed by atoms with Crippen molar-refractivity contribution in [3.8, 4) is 5.75 Å². The Hall–Kier alpha value is -2.32. The summed E-state index contributed by atoms with van der Waals surface area (Å²) in [4.78, 5) is 26.2. The summed E-state index contributed by atoms with van der Waals surface area (Å²) >= 11 is 0. The molecule has 0 saturated carbocycles. The first-order valence-electron chi connectivity index (χ1n) is 8.74. The molecule has 142 valence electrons. The molecule has 2 aliphatic heterocycles. The maximum Gasteiger partial charge on any atom is 0.321 e. The van der Waals surface area contributed by atoms with Gasteiger partial charge in [-0.15, -0.1) is 0 Å². The van der Waals surface area contributed by atoms with E-state index in [0.717, 1.165) is 0 Å². The molecule has 8 nitrogen and oxygen atoms in total. The fourth-order valence-electron chi connectivity index (χ4n) is 3.59. The number of methoxy groups -OCH3 is 1. The number of rotatable bonds is 3. The van der Waals surface area contributed by atoms with E-state index in [1.807, 2.05) is 0 Å². The summed E-state index contributed by atoms with van der Waals surface area (Å²) in [5.41, 5.74) is 0.601. The van der Waals surface area contributed by atoms with Crippen LogP contribution in [-0.4, -0.2) is 67.5 Å². The van der Waals surface area contributed by atoms with Crippen LogP contribution in [0.3, 0.4) is 0 Å². The summed E-state index contributed by atoms with van der Waals surface area (Å²) in [6.07, 6.45) is 1.65. The lowest BCUT2D eigenvalue weighted by Crippen LogP contribution is -2.48. The van der Waals surface area contributed by atoms with Gasteiger partial charge in [-0.1, -0.05) is 0 Å². The third kappa shape index (κ3) is 3.76. The Kier molecular flexibility index (Phi) is 5.33. The maximum absolute atomic E-state index is 12.5. The molecule has 2 aliphatic rings. The number of piperidine rings is 1. The van der Waals surface area contributed by atoms with Gasteiger partial charge in [-0.25, -0.2) is 4.79 Å². The van der Waals surface area contributed by atoms with Gasteiger partial charge in [0, 0.05) is 32.2 Å². The van der Waals surface area contributed by atoms with Gasteiger partial charge in [0.25, 0.3) is 5.91 Å². The van der Waals surface area contributed by atoms with Gasteiger partial charge in [-0.3, -0.25) is 4.79 Å². The lowest BCUT2D eigenvalue weighted by molar-refractivity contribution is -0.0365. The lowest BCUT2D eigenvalue weighted by Gasteiger charge is -2.38. The smallest absolute Gasteiger partial charge is 0.321 e. The van der Waals surface area contributed by atoms with Gasteiger partial charge in [-0.2, -0.15) is 0 Å². The summed E-state index contributed by atoms with van der Waals surface area (Å²) < 4.78 is 10.9. The van der Waals surface area contributed by atoms with E-state index >= 15 is 0 Å². The second-order valence-corrected chi connectivity index (χ2v) is 6.76. The van der Waals surface area contributed by atoms with Crippen LogP contribution in [0.25, 0.3) is 0 Å². The van der Waals surface area contributed by atoms with E-state index in [2.05, 4.69) is 10.6 Å². The van der Waals surface area contributed by atoms with Gasteiger partial charge in [-0.05, 0) is 31.0 Å². The number of aliphatic hydroxyl groups is 1. The van der Waals surface area contributed by atoms with Gasteiger partial charge in [0.05, 0.1) is 31.0 Å². The van der Waals surface area contributed by atoms with Crippen molar-refractivity contribution in [2.45, 2.75) is 31.0 Å². The largest absolute Gasteiger partial charge is 0.496 e. The summed E-state index contributed by atoms with van der Waals surface area (Å²) in [6, 6.07) is 4.73. The summed E-state index contributed by atoms with van der Waals surface area (Å²) in [7, 11) is 3.03. The van der Waals surface area contributed by atoms with Crippen molar-refractivity contribution < 1.29 is 24.2 Å². The number of ether oxygens (including phenoxy) is 2. The number of carbonyl (C=O) groups is 2. The maximum atomic E-state index is 12.5. The second kappa shape index (κ2) is 7.51. The van der Waals surface area contributed by atoms with Crippen LogP contribution in [0.1, 0.15) is 29.6 Å². The summed E-state index contributed by atoms with van der Waals surface area (Å²) in [6.45, 7) is 1.51. The first-order chi connectivity index (χ1) is 12.5. The number of hydrogen-bond donors (Lipinski definition) is 3. The van der Waals surface area contributed by atoms with Crippen LogP contribution in [-0.2, 0) is 4.74 Å². The van der Waals surface area contributed by atoms with Gasteiger partial charge in [0.1, 0.15) is 5.75 Å². The quantitative estimate of drug-likeness (QED) is 0.749. The van der Waals surface area contributed by atoms with Crippen LogP contribution in [0, 0.1) is 0 Å². The van der Waals surface area contributed by atoms with E-state index in [1.165, 1.54) is 7.11 Å². The van der Waals surface area contributed by atoms with E-state index in [-0.39, 0.29) is 17.5 Å². The Labute approximate surface area is 152 Å². The zero-order valence-corrected chi connectivity index (χ0v) is 15.1. The molecule has 3 N–H and O–H groups in total. The van der Waals surface area contributed by atoms with Crippen molar-refractivity contribution in [1.29, 1.82) is 0 Å². The first-order valence-corrected chi connectivity index (χ1v) is 8.74. The summed E-state index contributed by atoms with van der Waals surface area (Å²) in [5, 5.41) is 15.1. The number of nitrogens with zero attached hydrogens (tertiary/aromatic N) is 1. The third-order valence-corrected chi connectivity index (χ3v) is 5.07. The van der Waals surface area contributed by atoms with Gasteiger partial charge in [0.2, 0.25) is 0 Å². The molecule has 2 heterocycles. The van der Waals surface area contributed by atoms with Crippen LogP contribution in [0.2, 0.25) is 0 Å². The minimum absolute atomic E-state index is 0.216.